The molecule has 3 aliphatic rings. The molecule has 5 rings (SSSR count). The first-order valence-corrected chi connectivity index (χ1v) is 13.8. The summed E-state index contributed by atoms with van der Waals surface area (Å²) in [7, 11) is 0. The molecule has 2 aliphatic heterocycles. The fourth-order valence-electron chi connectivity index (χ4n) is 6.73. The molecule has 1 saturated carbocycles. The molecule has 1 aliphatic carbocycles. The number of hydrogen-bond donors (Lipinski definition) is 1. The molecule has 0 bridgehead atoms. The number of nitrogens with zero attached hydrogens (tertiary/aromatic N) is 2. The number of hydrogen-bond acceptors (Lipinski definition) is 4. The van der Waals surface area contributed by atoms with Crippen molar-refractivity contribution in [3.63, 3.8) is 0 Å². The van der Waals surface area contributed by atoms with E-state index in [1.54, 1.807) is 25.7 Å². The minimum Gasteiger partial charge on any atom is -0.491 e. The zero-order valence-electron chi connectivity index (χ0n) is 23.6. The van der Waals surface area contributed by atoms with E-state index >= 15 is 0 Å². The molecule has 6 nitrogen and oxygen atoms in total. The number of carbonyl (C=O) groups excluding carboxylic acids is 2. The number of para-hydroxylation sites is 1. The smallest absolute Gasteiger partial charge is 0.416 e. The van der Waals surface area contributed by atoms with E-state index in [1.807, 2.05) is 36.9 Å². The number of alkyl halides is 5. The van der Waals surface area contributed by atoms with Crippen molar-refractivity contribution in [2.45, 2.75) is 77.7 Å². The Morgan fingerprint density at radius 1 is 1.05 bits per heavy atom. The van der Waals surface area contributed by atoms with Crippen LogP contribution in [0.4, 0.5) is 33.3 Å². The van der Waals surface area contributed by atoms with E-state index in [9.17, 15) is 31.5 Å². The van der Waals surface area contributed by atoms with Crippen molar-refractivity contribution in [1.82, 2.24) is 4.90 Å². The lowest BCUT2D eigenvalue weighted by Gasteiger charge is -2.36. The van der Waals surface area contributed by atoms with E-state index in [0.29, 0.717) is 5.69 Å². The summed E-state index contributed by atoms with van der Waals surface area (Å²) in [5, 5.41) is 2.66. The molecule has 2 saturated heterocycles. The van der Waals surface area contributed by atoms with Gasteiger partial charge in [-0.1, -0.05) is 25.1 Å². The number of amides is 2. The van der Waals surface area contributed by atoms with Crippen LogP contribution in [0.3, 0.4) is 0 Å². The van der Waals surface area contributed by atoms with Crippen molar-refractivity contribution in [3.05, 3.63) is 53.1 Å². The molecule has 2 heterocycles. The summed E-state index contributed by atoms with van der Waals surface area (Å²) in [5.74, 6) is -4.61. The molecule has 1 N–H and O–H groups in total. The van der Waals surface area contributed by atoms with E-state index < -0.39 is 53.1 Å². The van der Waals surface area contributed by atoms with Gasteiger partial charge in [0.15, 0.2) is 0 Å². The Kier molecular flexibility index (Phi) is 7.11. The van der Waals surface area contributed by atoms with Crippen LogP contribution in [0.15, 0.2) is 36.4 Å². The summed E-state index contributed by atoms with van der Waals surface area (Å²) in [4.78, 5) is 31.4. The molecular formula is C30H34F5N3O3. The maximum atomic E-state index is 14.2. The molecule has 0 spiro atoms. The Bertz CT molecular complexity index is 1350. The molecule has 3 fully saturated rings. The summed E-state index contributed by atoms with van der Waals surface area (Å²) in [6.07, 6.45) is -5.84. The first-order chi connectivity index (χ1) is 19.1. The molecule has 4 atom stereocenters. The van der Waals surface area contributed by atoms with Gasteiger partial charge in [-0.3, -0.25) is 14.5 Å². The molecular weight excluding hydrogens is 545 g/mol. The number of carbonyl (C=O) groups is 2. The van der Waals surface area contributed by atoms with E-state index in [4.69, 9.17) is 4.74 Å². The molecule has 41 heavy (non-hydrogen) atoms. The second kappa shape index (κ2) is 9.96. The van der Waals surface area contributed by atoms with Gasteiger partial charge in [-0.25, -0.2) is 8.78 Å². The highest BCUT2D eigenvalue weighted by molar-refractivity contribution is 6.13. The Hall–Kier alpha value is -3.21. The number of halogens is 5. The second-order valence-corrected chi connectivity index (χ2v) is 11.7. The molecule has 0 aromatic heterocycles. The van der Waals surface area contributed by atoms with Crippen LogP contribution in [0.2, 0.25) is 0 Å². The number of rotatable bonds is 6. The summed E-state index contributed by atoms with van der Waals surface area (Å²) in [6.45, 7) is 8.79. The van der Waals surface area contributed by atoms with Gasteiger partial charge in [0.25, 0.3) is 5.92 Å². The van der Waals surface area contributed by atoms with Gasteiger partial charge in [-0.05, 0) is 51.0 Å². The summed E-state index contributed by atoms with van der Waals surface area (Å²) < 4.78 is 74.8. The number of nitrogens with one attached hydrogen (secondary N) is 1. The second-order valence-electron chi connectivity index (χ2n) is 11.7. The van der Waals surface area contributed by atoms with Crippen LogP contribution in [-0.2, 0) is 15.8 Å². The van der Waals surface area contributed by atoms with Gasteiger partial charge in [0.1, 0.15) is 11.2 Å². The zero-order chi connectivity index (χ0) is 30.1. The summed E-state index contributed by atoms with van der Waals surface area (Å²) >= 11 is 0. The van der Waals surface area contributed by atoms with Gasteiger partial charge in [0.05, 0.1) is 23.6 Å². The van der Waals surface area contributed by atoms with Crippen LogP contribution in [-0.4, -0.2) is 53.9 Å². The summed E-state index contributed by atoms with van der Waals surface area (Å²) in [5.41, 5.74) is -0.128. The number of likely N-dealkylation sites (tertiary alicyclic amines) is 1. The predicted octanol–water partition coefficient (Wildman–Crippen LogP) is 6.20. The fourth-order valence-corrected chi connectivity index (χ4v) is 6.73. The molecule has 11 heteroatoms. The van der Waals surface area contributed by atoms with Gasteiger partial charge in [-0.2, -0.15) is 13.2 Å². The fraction of sp³-hybridized carbons (Fsp3) is 0.533. The number of fused-ring (bicyclic) bond motifs is 1. The van der Waals surface area contributed by atoms with Crippen LogP contribution in [0.25, 0.3) is 0 Å². The van der Waals surface area contributed by atoms with Crippen molar-refractivity contribution >= 4 is 23.2 Å². The minimum atomic E-state index is -4.69. The highest BCUT2D eigenvalue weighted by Gasteiger charge is 2.82. The Labute approximate surface area is 235 Å². The standard InChI is InChI=1S/C30H34F5N3O3/c1-16(2)41-22-14-20(30(33,34)35)13-21(15-22)36-27(40)29-19(5)26(39)38(23-17(3)7-6-8-18(23)4)25(29)24(29)37-11-9-28(31,32)10-12-37/h6-8,13-16,19,24-25H,9-12H2,1-5H3,(H,36,40)/t19-,24-,25?,29-/m1/s1. The van der Waals surface area contributed by atoms with Crippen molar-refractivity contribution in [3.8, 4) is 5.75 Å². The van der Waals surface area contributed by atoms with Crippen molar-refractivity contribution < 1.29 is 36.3 Å². The molecule has 2 amide bonds. The third-order valence-corrected chi connectivity index (χ3v) is 8.63. The van der Waals surface area contributed by atoms with Gasteiger partial charge < -0.3 is 15.0 Å². The Balaban J connectivity index is 1.55. The normalized spacial score (nSPS) is 27.6. The van der Waals surface area contributed by atoms with Crippen LogP contribution in [0.5, 0.6) is 5.75 Å². The van der Waals surface area contributed by atoms with Crippen LogP contribution in [0.1, 0.15) is 50.3 Å². The number of piperidine rings is 2. The van der Waals surface area contributed by atoms with Crippen molar-refractivity contribution in [2.24, 2.45) is 11.3 Å². The topological polar surface area (TPSA) is 61.9 Å². The molecule has 2 aromatic carbocycles. The highest BCUT2D eigenvalue weighted by atomic mass is 19.4. The van der Waals surface area contributed by atoms with Gasteiger partial charge in [-0.15, -0.1) is 0 Å². The summed E-state index contributed by atoms with van der Waals surface area (Å²) in [6, 6.07) is 7.38. The Morgan fingerprint density at radius 2 is 1.66 bits per heavy atom. The predicted molar refractivity (Wildman–Crippen MR) is 144 cm³/mol. The van der Waals surface area contributed by atoms with Gasteiger partial charge in [0, 0.05) is 49.4 Å². The van der Waals surface area contributed by atoms with Crippen LogP contribution >= 0.6 is 0 Å². The average molecular weight is 580 g/mol. The van der Waals surface area contributed by atoms with E-state index in [-0.39, 0.29) is 43.3 Å². The first-order valence-electron chi connectivity index (χ1n) is 13.8. The molecule has 2 aromatic rings. The molecule has 222 valence electrons. The number of ether oxygens (including phenoxy) is 1. The van der Waals surface area contributed by atoms with Crippen LogP contribution in [0, 0.1) is 25.2 Å². The largest absolute Gasteiger partial charge is 0.491 e. The third kappa shape index (κ3) is 4.96. The highest BCUT2D eigenvalue weighted by Crippen LogP contribution is 2.65. The Morgan fingerprint density at radius 3 is 2.22 bits per heavy atom. The van der Waals surface area contributed by atoms with Crippen molar-refractivity contribution in [2.75, 3.05) is 23.3 Å². The monoisotopic (exact) mass is 579 g/mol. The van der Waals surface area contributed by atoms with Gasteiger partial charge in [0.2, 0.25) is 11.8 Å². The average Bonchev–Trinajstić information content (AvgIpc) is 3.48. The quantitative estimate of drug-likeness (QED) is 0.414. The lowest BCUT2D eigenvalue weighted by molar-refractivity contribution is -0.137. The first kappa shape index (κ1) is 29.3. The maximum absolute atomic E-state index is 14.2. The zero-order valence-corrected chi connectivity index (χ0v) is 23.6. The number of aryl methyl sites for hydroxylation is 2. The van der Waals surface area contributed by atoms with Crippen LogP contribution < -0.4 is 15.0 Å². The lowest BCUT2D eigenvalue weighted by atomic mass is 9.88. The minimum absolute atomic E-state index is 0.0423. The molecule has 0 radical (unpaired) electrons. The SMILES string of the molecule is Cc1cccc(C)c1N1C(=O)[C@@H](C)[C@]2(C(=O)Nc3cc(OC(C)C)cc(C(F)(F)F)c3)C1[C@H]2N1CCC(F)(F)CC1. The van der Waals surface area contributed by atoms with Gasteiger partial charge >= 0.3 is 6.18 Å². The third-order valence-electron chi connectivity index (χ3n) is 8.63. The van der Waals surface area contributed by atoms with Crippen molar-refractivity contribution in [1.29, 1.82) is 0 Å². The number of benzene rings is 2. The van der Waals surface area contributed by atoms with E-state index in [2.05, 4.69) is 5.32 Å². The van der Waals surface area contributed by atoms with E-state index in [0.717, 1.165) is 23.3 Å². The lowest BCUT2D eigenvalue weighted by Crippen LogP contribution is -2.48. The number of anilines is 2. The van der Waals surface area contributed by atoms with E-state index in [1.165, 1.54) is 6.07 Å². The maximum Gasteiger partial charge on any atom is 0.416 e. The molecule has 1 unspecified atom stereocenters.